The lowest BCUT2D eigenvalue weighted by Crippen LogP contribution is -2.20. The molecule has 0 aliphatic carbocycles. The van der Waals surface area contributed by atoms with Crippen LogP contribution in [0.1, 0.15) is 27.7 Å². The van der Waals surface area contributed by atoms with E-state index < -0.39 is 53.4 Å². The highest BCUT2D eigenvalue weighted by molar-refractivity contribution is 5.92. The molecule has 1 heterocycles. The van der Waals surface area contributed by atoms with E-state index in [0.29, 0.717) is 6.20 Å². The maximum absolute atomic E-state index is 12.9. The molecule has 10 heteroatoms. The number of amides is 1. The van der Waals surface area contributed by atoms with E-state index in [1.807, 2.05) is 0 Å². The number of aliphatic hydroxyl groups excluding tert-OH is 1. The number of rotatable bonds is 5. The van der Waals surface area contributed by atoms with Crippen molar-refractivity contribution in [3.05, 3.63) is 53.2 Å². The van der Waals surface area contributed by atoms with E-state index in [9.17, 15) is 27.5 Å². The third-order valence-electron chi connectivity index (χ3n) is 2.95. The van der Waals surface area contributed by atoms with Crippen molar-refractivity contribution in [2.24, 2.45) is 5.73 Å². The monoisotopic (exact) mass is 345 g/mol. The summed E-state index contributed by atoms with van der Waals surface area (Å²) in [6.45, 7) is -0.673. The summed E-state index contributed by atoms with van der Waals surface area (Å²) >= 11 is 0. The zero-order valence-corrected chi connectivity index (χ0v) is 11.9. The SMILES string of the molecule is NC(=O)c1nc(F)cnc1OCC(O)c1ccccc1C(F)(F)F. The van der Waals surface area contributed by atoms with Gasteiger partial charge in [-0.1, -0.05) is 18.2 Å². The van der Waals surface area contributed by atoms with Crippen LogP contribution in [-0.2, 0) is 6.18 Å². The number of carbonyl (C=O) groups is 1. The lowest BCUT2D eigenvalue weighted by atomic mass is 10.0. The number of nitrogens with two attached hydrogens (primary N) is 1. The van der Waals surface area contributed by atoms with E-state index >= 15 is 0 Å². The fourth-order valence-corrected chi connectivity index (χ4v) is 1.92. The number of hydrogen-bond donors (Lipinski definition) is 2. The first-order valence-corrected chi connectivity index (χ1v) is 6.49. The Bertz CT molecular complexity index is 752. The van der Waals surface area contributed by atoms with Gasteiger partial charge in [0, 0.05) is 0 Å². The summed E-state index contributed by atoms with van der Waals surface area (Å²) in [7, 11) is 0. The normalized spacial score (nSPS) is 12.7. The maximum atomic E-state index is 12.9. The molecule has 0 radical (unpaired) electrons. The highest BCUT2D eigenvalue weighted by Gasteiger charge is 2.34. The number of primary amides is 1. The Morgan fingerprint density at radius 3 is 2.62 bits per heavy atom. The van der Waals surface area contributed by atoms with Gasteiger partial charge >= 0.3 is 6.18 Å². The van der Waals surface area contributed by atoms with Gasteiger partial charge in [0.25, 0.3) is 5.91 Å². The standard InChI is InChI=1S/C14H11F4N3O3/c15-10-5-20-13(11(21-10)12(19)23)24-6-9(22)7-3-1-2-4-8(7)14(16,17)18/h1-5,9,22H,6H2,(H2,19,23). The molecule has 0 aliphatic rings. The van der Waals surface area contributed by atoms with Crippen molar-refractivity contribution < 1.29 is 32.2 Å². The molecular formula is C14H11F4N3O3. The number of alkyl halides is 3. The van der Waals surface area contributed by atoms with Gasteiger partial charge in [0.1, 0.15) is 12.7 Å². The number of hydrogen-bond acceptors (Lipinski definition) is 5. The first-order valence-electron chi connectivity index (χ1n) is 6.49. The highest BCUT2D eigenvalue weighted by atomic mass is 19.4. The molecular weight excluding hydrogens is 334 g/mol. The van der Waals surface area contributed by atoms with Gasteiger partial charge in [-0.15, -0.1) is 0 Å². The van der Waals surface area contributed by atoms with Gasteiger partial charge in [0.15, 0.2) is 5.69 Å². The van der Waals surface area contributed by atoms with Crippen LogP contribution in [0.15, 0.2) is 30.5 Å². The second kappa shape index (κ2) is 6.79. The van der Waals surface area contributed by atoms with Gasteiger partial charge in [-0.3, -0.25) is 4.79 Å². The van der Waals surface area contributed by atoms with Crippen LogP contribution in [0.4, 0.5) is 17.6 Å². The first kappa shape index (κ1) is 17.6. The lowest BCUT2D eigenvalue weighted by molar-refractivity contribution is -0.139. The van der Waals surface area contributed by atoms with Crippen LogP contribution in [0.2, 0.25) is 0 Å². The third-order valence-corrected chi connectivity index (χ3v) is 2.95. The van der Waals surface area contributed by atoms with Gasteiger partial charge < -0.3 is 15.6 Å². The number of aromatic nitrogens is 2. The maximum Gasteiger partial charge on any atom is 0.416 e. The molecule has 3 N–H and O–H groups in total. The summed E-state index contributed by atoms with van der Waals surface area (Å²) in [5, 5.41) is 9.95. The predicted octanol–water partition coefficient (Wildman–Crippen LogP) is 1.85. The van der Waals surface area contributed by atoms with Crippen molar-refractivity contribution in [3.8, 4) is 5.88 Å². The number of ether oxygens (including phenoxy) is 1. The predicted molar refractivity (Wildman–Crippen MR) is 72.4 cm³/mol. The summed E-state index contributed by atoms with van der Waals surface area (Å²) in [6, 6.07) is 4.39. The molecule has 1 atom stereocenters. The van der Waals surface area contributed by atoms with E-state index in [1.165, 1.54) is 12.1 Å². The van der Waals surface area contributed by atoms with Crippen LogP contribution in [0.25, 0.3) is 0 Å². The minimum Gasteiger partial charge on any atom is -0.473 e. The Labute approximate surface area is 132 Å². The van der Waals surface area contributed by atoms with E-state index in [4.69, 9.17) is 10.5 Å². The molecule has 0 spiro atoms. The Kier molecular flexibility index (Phi) is 4.98. The molecule has 1 aromatic carbocycles. The molecule has 1 unspecified atom stereocenters. The molecule has 24 heavy (non-hydrogen) atoms. The highest BCUT2D eigenvalue weighted by Crippen LogP contribution is 2.34. The largest absolute Gasteiger partial charge is 0.473 e. The molecule has 2 rings (SSSR count). The van der Waals surface area contributed by atoms with Crippen LogP contribution in [0.5, 0.6) is 5.88 Å². The lowest BCUT2D eigenvalue weighted by Gasteiger charge is -2.18. The summed E-state index contributed by atoms with van der Waals surface area (Å²) in [6.07, 6.45) is -5.70. The van der Waals surface area contributed by atoms with Crippen LogP contribution >= 0.6 is 0 Å². The second-order valence-electron chi connectivity index (χ2n) is 4.62. The van der Waals surface area contributed by atoms with Gasteiger partial charge in [0.05, 0.1) is 11.8 Å². The number of carbonyl (C=O) groups excluding carboxylic acids is 1. The third kappa shape index (κ3) is 3.96. The van der Waals surface area contributed by atoms with Crippen LogP contribution in [-0.4, -0.2) is 27.6 Å². The molecule has 1 amide bonds. The number of benzene rings is 1. The smallest absolute Gasteiger partial charge is 0.416 e. The number of halogens is 4. The first-order chi connectivity index (χ1) is 11.2. The van der Waals surface area contributed by atoms with Crippen molar-refractivity contribution in [2.45, 2.75) is 12.3 Å². The van der Waals surface area contributed by atoms with Crippen molar-refractivity contribution in [2.75, 3.05) is 6.61 Å². The van der Waals surface area contributed by atoms with Crippen molar-refractivity contribution in [1.29, 1.82) is 0 Å². The van der Waals surface area contributed by atoms with E-state index in [-0.39, 0.29) is 0 Å². The molecule has 0 aliphatic heterocycles. The van der Waals surface area contributed by atoms with Gasteiger partial charge in [-0.25, -0.2) is 9.97 Å². The summed E-state index contributed by atoms with van der Waals surface area (Å²) in [5.41, 5.74) is 2.91. The summed E-state index contributed by atoms with van der Waals surface area (Å²) in [4.78, 5) is 17.8. The number of nitrogens with zero attached hydrogens (tertiary/aromatic N) is 2. The van der Waals surface area contributed by atoms with Gasteiger partial charge in [0.2, 0.25) is 11.8 Å². The molecule has 0 fully saturated rings. The van der Waals surface area contributed by atoms with Gasteiger partial charge in [-0.05, 0) is 11.6 Å². The van der Waals surface area contributed by atoms with E-state index in [1.54, 1.807) is 0 Å². The van der Waals surface area contributed by atoms with Crippen molar-refractivity contribution in [3.63, 3.8) is 0 Å². The van der Waals surface area contributed by atoms with Crippen molar-refractivity contribution in [1.82, 2.24) is 9.97 Å². The Balaban J connectivity index is 2.21. The molecule has 2 aromatic rings. The topological polar surface area (TPSA) is 98.3 Å². The molecule has 6 nitrogen and oxygen atoms in total. The van der Waals surface area contributed by atoms with E-state index in [0.717, 1.165) is 12.1 Å². The molecule has 1 aromatic heterocycles. The van der Waals surface area contributed by atoms with Crippen molar-refractivity contribution >= 4 is 5.91 Å². The molecule has 0 saturated heterocycles. The fraction of sp³-hybridized carbons (Fsp3) is 0.214. The average molecular weight is 345 g/mol. The second-order valence-corrected chi connectivity index (χ2v) is 4.62. The minimum absolute atomic E-state index is 0.416. The summed E-state index contributed by atoms with van der Waals surface area (Å²) in [5.74, 6) is -2.71. The molecule has 0 saturated carbocycles. The zero-order valence-electron chi connectivity index (χ0n) is 11.9. The average Bonchev–Trinajstić information content (AvgIpc) is 2.52. The number of aliphatic hydroxyl groups is 1. The van der Waals surface area contributed by atoms with Gasteiger partial charge in [-0.2, -0.15) is 17.6 Å². The molecule has 0 bridgehead atoms. The fourth-order valence-electron chi connectivity index (χ4n) is 1.92. The summed E-state index contributed by atoms with van der Waals surface area (Å²) < 4.78 is 56.7. The van der Waals surface area contributed by atoms with E-state index in [2.05, 4.69) is 9.97 Å². The van der Waals surface area contributed by atoms with Crippen LogP contribution in [0, 0.1) is 5.95 Å². The van der Waals surface area contributed by atoms with Crippen LogP contribution < -0.4 is 10.5 Å². The van der Waals surface area contributed by atoms with Crippen LogP contribution in [0.3, 0.4) is 0 Å². The minimum atomic E-state index is -4.66. The molecule has 128 valence electrons. The Morgan fingerprint density at radius 1 is 1.33 bits per heavy atom. The Morgan fingerprint density at radius 2 is 2.00 bits per heavy atom. The zero-order chi connectivity index (χ0) is 17.9. The Hall–Kier alpha value is -2.75. The quantitative estimate of drug-likeness (QED) is 0.806.